The molecule has 5 heteroatoms. The van der Waals surface area contributed by atoms with Gasteiger partial charge in [0, 0.05) is 6.54 Å². The maximum absolute atomic E-state index is 12.9. The number of nitrogens with one attached hydrogen (secondary N) is 2. The summed E-state index contributed by atoms with van der Waals surface area (Å²) >= 11 is 0. The lowest BCUT2D eigenvalue weighted by Gasteiger charge is -2.23. The van der Waals surface area contributed by atoms with Gasteiger partial charge in [-0.2, -0.15) is 0 Å². The van der Waals surface area contributed by atoms with Crippen LogP contribution in [0.15, 0.2) is 12.7 Å². The summed E-state index contributed by atoms with van der Waals surface area (Å²) in [4.78, 5) is 25.4. The maximum Gasteiger partial charge on any atom is 0.407 e. The van der Waals surface area contributed by atoms with E-state index in [0.717, 1.165) is 32.1 Å². The number of hydrogen-bond acceptors (Lipinski definition) is 3. The third-order valence-electron chi connectivity index (χ3n) is 10.9. The molecule has 2 atom stereocenters. The van der Waals surface area contributed by atoms with Gasteiger partial charge in [-0.3, -0.25) is 4.79 Å². The lowest BCUT2D eigenvalue weighted by atomic mass is 9.98. The highest BCUT2D eigenvalue weighted by molar-refractivity contribution is 5.85. The number of ether oxygens (including phenoxy) is 1. The van der Waals surface area contributed by atoms with E-state index < -0.39 is 12.1 Å². The highest BCUT2D eigenvalue weighted by Crippen LogP contribution is 2.16. The Bertz CT molecular complexity index is 742. The fourth-order valence-electron chi connectivity index (χ4n) is 7.07. The summed E-state index contributed by atoms with van der Waals surface area (Å²) in [5.74, 6) is -0.0147. The molecule has 302 valence electrons. The first-order valence-electron chi connectivity index (χ1n) is 22.9. The van der Waals surface area contributed by atoms with Gasteiger partial charge in [-0.05, 0) is 31.6 Å². The van der Waals surface area contributed by atoms with Crippen molar-refractivity contribution < 1.29 is 14.3 Å². The highest BCUT2D eigenvalue weighted by Gasteiger charge is 2.26. The van der Waals surface area contributed by atoms with Crippen molar-refractivity contribution in [2.24, 2.45) is 5.92 Å². The van der Waals surface area contributed by atoms with Crippen LogP contribution in [0.4, 0.5) is 4.79 Å². The Balaban J connectivity index is 3.66. The van der Waals surface area contributed by atoms with Crippen LogP contribution < -0.4 is 10.6 Å². The Morgan fingerprint density at radius 1 is 0.529 bits per heavy atom. The van der Waals surface area contributed by atoms with Gasteiger partial charge in [-0.1, -0.05) is 226 Å². The van der Waals surface area contributed by atoms with Crippen LogP contribution in [0, 0.1) is 5.92 Å². The fraction of sp³-hybridized carbons (Fsp3) is 0.913. The van der Waals surface area contributed by atoms with Crippen molar-refractivity contribution in [2.75, 3.05) is 13.2 Å². The number of allylic oxidation sites excluding steroid dienone is 1. The average molecular weight is 719 g/mol. The predicted octanol–water partition coefficient (Wildman–Crippen LogP) is 14.7. The summed E-state index contributed by atoms with van der Waals surface area (Å²) in [6, 6.07) is -0.536. The second-order valence-electron chi connectivity index (χ2n) is 15.8. The third kappa shape index (κ3) is 36.6. The fourth-order valence-corrected chi connectivity index (χ4v) is 7.07. The van der Waals surface area contributed by atoms with Crippen LogP contribution in [-0.4, -0.2) is 31.2 Å². The first-order valence-corrected chi connectivity index (χ1v) is 22.9. The number of hydrogen-bond donors (Lipinski definition) is 2. The maximum atomic E-state index is 12.9. The van der Waals surface area contributed by atoms with Gasteiger partial charge in [0.25, 0.3) is 0 Å². The van der Waals surface area contributed by atoms with E-state index in [9.17, 15) is 9.59 Å². The highest BCUT2D eigenvalue weighted by atomic mass is 16.5. The van der Waals surface area contributed by atoms with Crippen molar-refractivity contribution >= 4 is 12.0 Å². The van der Waals surface area contributed by atoms with E-state index in [2.05, 4.69) is 31.1 Å². The average Bonchev–Trinajstić information content (AvgIpc) is 3.13. The molecule has 0 aromatic carbocycles. The van der Waals surface area contributed by atoms with Crippen LogP contribution in [0.3, 0.4) is 0 Å². The largest absolute Gasteiger partial charge is 0.450 e. The van der Waals surface area contributed by atoms with E-state index in [1.54, 1.807) is 0 Å². The van der Waals surface area contributed by atoms with E-state index in [1.807, 2.05) is 13.0 Å². The van der Waals surface area contributed by atoms with Gasteiger partial charge in [0.1, 0.15) is 6.04 Å². The summed E-state index contributed by atoms with van der Waals surface area (Å²) in [6.07, 6.45) is 47.5. The molecule has 0 aliphatic heterocycles. The lowest BCUT2D eigenvalue weighted by molar-refractivity contribution is -0.124. The Morgan fingerprint density at radius 3 is 1.25 bits per heavy atom. The van der Waals surface area contributed by atoms with Gasteiger partial charge < -0.3 is 15.4 Å². The standard InChI is InChI=1S/C46H90N2O3/c1-5-8-10-12-14-16-18-20-22-24-25-26-28-30-32-34-36-38-40-42-51-46(50)48-44(43(4)7-3)45(49)47-41-39-37-35-33-31-29-27-23-21-19-17-15-13-11-9-6-2/h5,43-44H,1,6-42H2,2-4H3,(H,47,49)(H,48,50)/t43-,44-/m0/s1. The van der Waals surface area contributed by atoms with Crippen LogP contribution in [-0.2, 0) is 9.53 Å². The van der Waals surface area contributed by atoms with Gasteiger partial charge in [-0.25, -0.2) is 4.79 Å². The first-order chi connectivity index (χ1) is 25.1. The Morgan fingerprint density at radius 2 is 0.882 bits per heavy atom. The molecule has 0 spiro atoms. The molecule has 0 heterocycles. The van der Waals surface area contributed by atoms with E-state index in [4.69, 9.17) is 4.74 Å². The van der Waals surface area contributed by atoms with Gasteiger partial charge in [0.2, 0.25) is 5.91 Å². The molecule has 2 N–H and O–H groups in total. The van der Waals surface area contributed by atoms with Crippen molar-refractivity contribution in [1.29, 1.82) is 0 Å². The van der Waals surface area contributed by atoms with Gasteiger partial charge in [-0.15, -0.1) is 6.58 Å². The van der Waals surface area contributed by atoms with E-state index in [0.29, 0.717) is 13.2 Å². The predicted molar refractivity (Wildman–Crippen MR) is 224 cm³/mol. The number of unbranched alkanes of at least 4 members (excludes halogenated alkanes) is 32. The number of alkyl carbamates (subject to hydrolysis) is 1. The van der Waals surface area contributed by atoms with Gasteiger partial charge in [0.15, 0.2) is 0 Å². The first kappa shape index (κ1) is 49.5. The Kier molecular flexibility index (Phi) is 40.0. The summed E-state index contributed by atoms with van der Waals surface area (Å²) in [7, 11) is 0. The van der Waals surface area contributed by atoms with Crippen LogP contribution >= 0.6 is 0 Å². The molecule has 0 rings (SSSR count). The third-order valence-corrected chi connectivity index (χ3v) is 10.9. The monoisotopic (exact) mass is 719 g/mol. The van der Waals surface area contributed by atoms with Crippen molar-refractivity contribution in [2.45, 2.75) is 252 Å². The Labute approximate surface area is 319 Å². The molecule has 0 aromatic heterocycles. The zero-order chi connectivity index (χ0) is 37.3. The zero-order valence-electron chi connectivity index (χ0n) is 34.8. The van der Waals surface area contributed by atoms with Crippen molar-refractivity contribution in [3.63, 3.8) is 0 Å². The van der Waals surface area contributed by atoms with E-state index in [1.165, 1.54) is 193 Å². The number of rotatable bonds is 41. The molecule has 0 aliphatic rings. The molecule has 5 nitrogen and oxygen atoms in total. The molecule has 0 aromatic rings. The minimum Gasteiger partial charge on any atom is -0.450 e. The van der Waals surface area contributed by atoms with Gasteiger partial charge in [0.05, 0.1) is 6.61 Å². The molecular formula is C46H90N2O3. The van der Waals surface area contributed by atoms with Crippen molar-refractivity contribution in [3.8, 4) is 0 Å². The van der Waals surface area contributed by atoms with E-state index >= 15 is 0 Å². The Hall–Kier alpha value is -1.52. The van der Waals surface area contributed by atoms with Crippen LogP contribution in [0.5, 0.6) is 0 Å². The summed E-state index contributed by atoms with van der Waals surface area (Å²) in [5.41, 5.74) is 0. The topological polar surface area (TPSA) is 67.4 Å². The summed E-state index contributed by atoms with van der Waals surface area (Å²) < 4.78 is 5.46. The smallest absolute Gasteiger partial charge is 0.407 e. The number of carbonyl (C=O) groups is 2. The van der Waals surface area contributed by atoms with Crippen molar-refractivity contribution in [3.05, 3.63) is 12.7 Å². The molecule has 0 unspecified atom stereocenters. The SMILES string of the molecule is C=CCCCCCCCCCCCCCCCCCCCOC(=O)N[C@H](C(=O)NCCCCCCCCCCCCCCCCCC)[C@@H](C)CC. The molecule has 0 saturated carbocycles. The molecule has 0 radical (unpaired) electrons. The van der Waals surface area contributed by atoms with Crippen LogP contribution in [0.25, 0.3) is 0 Å². The minimum absolute atomic E-state index is 0.0655. The van der Waals surface area contributed by atoms with Crippen LogP contribution in [0.2, 0.25) is 0 Å². The molecule has 0 saturated heterocycles. The summed E-state index contributed by atoms with van der Waals surface area (Å²) in [5, 5.41) is 5.93. The quantitative estimate of drug-likeness (QED) is 0.0488. The summed E-state index contributed by atoms with van der Waals surface area (Å²) in [6.45, 7) is 11.3. The molecule has 0 bridgehead atoms. The van der Waals surface area contributed by atoms with Gasteiger partial charge >= 0.3 is 6.09 Å². The number of amides is 2. The normalized spacial score (nSPS) is 12.5. The van der Waals surface area contributed by atoms with E-state index in [-0.39, 0.29) is 11.8 Å². The van der Waals surface area contributed by atoms with Crippen molar-refractivity contribution in [1.82, 2.24) is 10.6 Å². The number of carbonyl (C=O) groups excluding carboxylic acids is 2. The second-order valence-corrected chi connectivity index (χ2v) is 15.8. The lowest BCUT2D eigenvalue weighted by Crippen LogP contribution is -2.50. The molecule has 51 heavy (non-hydrogen) atoms. The zero-order valence-corrected chi connectivity index (χ0v) is 34.8. The molecular weight excluding hydrogens is 629 g/mol. The minimum atomic E-state index is -0.536. The molecule has 0 aliphatic carbocycles. The molecule has 0 fully saturated rings. The molecule has 2 amide bonds. The van der Waals surface area contributed by atoms with Crippen LogP contribution in [0.1, 0.15) is 245 Å². The second kappa shape index (κ2) is 41.2.